The molecule has 0 saturated heterocycles. The molecule has 5 heteroatoms. The first-order valence-electron chi connectivity index (χ1n) is 2.25. The Morgan fingerprint density at radius 3 is 1.25 bits per heavy atom. The summed E-state index contributed by atoms with van der Waals surface area (Å²) in [7, 11) is 3.83. The predicted molar refractivity (Wildman–Crippen MR) is 28.9 cm³/mol. The molecule has 0 atom stereocenters. The maximum absolute atomic E-state index is 8.64. The van der Waals surface area contributed by atoms with Crippen molar-refractivity contribution in [2.45, 2.75) is 0 Å². The number of nitrogens with one attached hydrogen (secondary N) is 1. The molecule has 0 bridgehead atoms. The number of rotatable bonds is 0. The van der Waals surface area contributed by atoms with Gasteiger partial charge in [-0.1, -0.05) is 0 Å². The number of hydrogen-bond donors (Lipinski definition) is 3. The number of quaternary nitrogens is 1. The zero-order chi connectivity index (χ0) is 7.15. The van der Waals surface area contributed by atoms with Crippen LogP contribution >= 0.6 is 0 Å². The van der Waals surface area contributed by atoms with E-state index in [9.17, 15) is 0 Å². The average molecular weight is 121 g/mol. The van der Waals surface area contributed by atoms with Crippen molar-refractivity contribution in [3.8, 4) is 0 Å². The highest BCUT2D eigenvalue weighted by molar-refractivity contribution is 6.28. The van der Waals surface area contributed by atoms with Gasteiger partial charge in [0.15, 0.2) is 0 Å². The van der Waals surface area contributed by atoms with Crippen LogP contribution in [0.3, 0.4) is 0 Å². The molecule has 0 aliphatic rings. The highest BCUT2D eigenvalue weighted by Gasteiger charge is 1.68. The van der Waals surface area contributed by atoms with Gasteiger partial charge in [-0.15, -0.1) is 0 Å². The summed E-state index contributed by atoms with van der Waals surface area (Å²) in [5.74, 6) is 0. The minimum absolute atomic E-state index is 1.42. The summed E-state index contributed by atoms with van der Waals surface area (Å²) in [4.78, 5) is 1.42. The fourth-order valence-electron chi connectivity index (χ4n) is 0. The zero-order valence-electron chi connectivity index (χ0n) is 5.38. The standard InChI is InChI=1S/C3H9N.BH2O3/c1-4(2)3;2-1(3)4/h1-3H3;2-3H/q;-1/p+1. The second-order valence-electron chi connectivity index (χ2n) is 1.83. The molecule has 0 heterocycles. The quantitative estimate of drug-likeness (QED) is 0.287. The molecule has 0 fully saturated rings. The van der Waals surface area contributed by atoms with Crippen molar-refractivity contribution in [3.63, 3.8) is 0 Å². The molecule has 0 rings (SSSR count). The van der Waals surface area contributed by atoms with E-state index in [2.05, 4.69) is 21.1 Å². The maximum Gasteiger partial charge on any atom is 0.339 e. The van der Waals surface area contributed by atoms with Crippen LogP contribution in [-0.2, 0) is 0 Å². The van der Waals surface area contributed by atoms with E-state index < -0.39 is 7.32 Å². The number of hydrogen-bond acceptors (Lipinski definition) is 3. The molecule has 0 aromatic rings. The second-order valence-corrected chi connectivity index (χ2v) is 1.83. The van der Waals surface area contributed by atoms with Crippen molar-refractivity contribution in [3.05, 3.63) is 0 Å². The van der Waals surface area contributed by atoms with Gasteiger partial charge in [-0.2, -0.15) is 0 Å². The Hall–Kier alpha value is -0.0951. The highest BCUT2D eigenvalue weighted by Crippen LogP contribution is 1.29. The normalized spacial score (nSPS) is 7.88. The molecule has 0 saturated carbocycles. The third kappa shape index (κ3) is 15700. The van der Waals surface area contributed by atoms with Gasteiger partial charge in [0.25, 0.3) is 0 Å². The van der Waals surface area contributed by atoms with E-state index in [1.54, 1.807) is 0 Å². The minimum atomic E-state index is -2.42. The second kappa shape index (κ2) is 6.90. The molecule has 0 unspecified atom stereocenters. The van der Waals surface area contributed by atoms with Crippen LogP contribution in [0.2, 0.25) is 0 Å². The molecule has 0 radical (unpaired) electrons. The predicted octanol–water partition coefficient (Wildman–Crippen LogP) is -3.92. The average Bonchev–Trinajstić information content (AvgIpc) is 1.25. The topological polar surface area (TPSA) is 68.0 Å². The Morgan fingerprint density at radius 1 is 1.25 bits per heavy atom. The first-order valence-corrected chi connectivity index (χ1v) is 2.25. The van der Waals surface area contributed by atoms with E-state index in [1.165, 1.54) is 4.90 Å². The van der Waals surface area contributed by atoms with E-state index in [0.717, 1.165) is 0 Å². The van der Waals surface area contributed by atoms with Crippen molar-refractivity contribution in [1.29, 1.82) is 0 Å². The molecule has 0 aromatic carbocycles. The molecule has 50 valence electrons. The summed E-state index contributed by atoms with van der Waals surface area (Å²) in [5, 5.41) is 22.8. The van der Waals surface area contributed by atoms with Gasteiger partial charge in [0.05, 0.1) is 21.1 Å². The summed E-state index contributed by atoms with van der Waals surface area (Å²) < 4.78 is 0. The lowest BCUT2D eigenvalue weighted by Gasteiger charge is -1.92. The van der Waals surface area contributed by atoms with Crippen LogP contribution in [0.1, 0.15) is 0 Å². The lowest BCUT2D eigenvalue weighted by Crippen LogP contribution is -3.02. The maximum atomic E-state index is 8.64. The van der Waals surface area contributed by atoms with Gasteiger partial charge < -0.3 is 20.0 Å². The molecule has 3 N–H and O–H groups in total. The van der Waals surface area contributed by atoms with Gasteiger partial charge in [-0.3, -0.25) is 0 Å². The highest BCUT2D eigenvalue weighted by atomic mass is 16.5. The van der Waals surface area contributed by atoms with Gasteiger partial charge in [-0.05, 0) is 0 Å². The summed E-state index contributed by atoms with van der Waals surface area (Å²) in [5.41, 5.74) is 0. The summed E-state index contributed by atoms with van der Waals surface area (Å²) in [6.07, 6.45) is 0. The van der Waals surface area contributed by atoms with Gasteiger partial charge in [-0.25, -0.2) is 0 Å². The van der Waals surface area contributed by atoms with Gasteiger partial charge in [0, 0.05) is 0 Å². The van der Waals surface area contributed by atoms with E-state index >= 15 is 0 Å². The van der Waals surface area contributed by atoms with Crippen molar-refractivity contribution < 1.29 is 20.0 Å². The molecule has 0 aliphatic heterocycles. The Kier molecular flexibility index (Phi) is 9.33. The van der Waals surface area contributed by atoms with Crippen molar-refractivity contribution >= 4 is 7.32 Å². The zero-order valence-corrected chi connectivity index (χ0v) is 5.38. The molecule has 8 heavy (non-hydrogen) atoms. The molecule has 0 aliphatic carbocycles. The van der Waals surface area contributed by atoms with Gasteiger partial charge in [0.1, 0.15) is 0 Å². The van der Waals surface area contributed by atoms with Crippen LogP contribution in [0.4, 0.5) is 0 Å². The van der Waals surface area contributed by atoms with Gasteiger partial charge >= 0.3 is 7.32 Å². The van der Waals surface area contributed by atoms with E-state index in [1.807, 2.05) is 0 Å². The lowest BCUT2D eigenvalue weighted by molar-refractivity contribution is -0.836. The molecular weight excluding hydrogens is 109 g/mol. The third-order valence-electron chi connectivity index (χ3n) is 0. The lowest BCUT2D eigenvalue weighted by atomic mass is 10.3. The summed E-state index contributed by atoms with van der Waals surface area (Å²) in [6.45, 7) is 0. The summed E-state index contributed by atoms with van der Waals surface area (Å²) >= 11 is 0. The van der Waals surface area contributed by atoms with Crippen LogP contribution in [0.5, 0.6) is 0 Å². The largest absolute Gasteiger partial charge is 0.832 e. The van der Waals surface area contributed by atoms with Crippen LogP contribution in [0.25, 0.3) is 0 Å². The molecule has 0 amide bonds. The Balaban J connectivity index is 0. The van der Waals surface area contributed by atoms with Gasteiger partial charge in [0.2, 0.25) is 0 Å². The monoisotopic (exact) mass is 121 g/mol. The SMILES string of the molecule is C[NH+](C)C.[O-]B(O)O. The minimum Gasteiger partial charge on any atom is -0.832 e. The van der Waals surface area contributed by atoms with Crippen LogP contribution < -0.4 is 9.92 Å². The summed E-state index contributed by atoms with van der Waals surface area (Å²) in [6, 6.07) is 0. The van der Waals surface area contributed by atoms with Crippen molar-refractivity contribution in [2.24, 2.45) is 0 Å². The first-order chi connectivity index (χ1) is 3.46. The fourth-order valence-corrected chi connectivity index (χ4v) is 0. The fraction of sp³-hybridized carbons (Fsp3) is 1.00. The molecule has 4 nitrogen and oxygen atoms in total. The van der Waals surface area contributed by atoms with E-state index in [0.29, 0.717) is 0 Å². The van der Waals surface area contributed by atoms with Crippen molar-refractivity contribution in [2.75, 3.05) is 21.1 Å². The Bertz CT molecular complexity index is 30.0. The first kappa shape index (κ1) is 10.8. The molecule has 0 spiro atoms. The van der Waals surface area contributed by atoms with Crippen LogP contribution in [-0.4, -0.2) is 38.5 Å². The van der Waals surface area contributed by atoms with Crippen LogP contribution in [0.15, 0.2) is 0 Å². The Morgan fingerprint density at radius 2 is 1.25 bits per heavy atom. The Labute approximate surface area is 49.5 Å². The smallest absolute Gasteiger partial charge is 0.339 e. The molecule has 0 aromatic heterocycles. The van der Waals surface area contributed by atoms with Crippen molar-refractivity contribution in [1.82, 2.24) is 0 Å². The van der Waals surface area contributed by atoms with E-state index in [-0.39, 0.29) is 0 Å². The van der Waals surface area contributed by atoms with Crippen LogP contribution in [0, 0.1) is 0 Å². The third-order valence-corrected chi connectivity index (χ3v) is 0. The van der Waals surface area contributed by atoms with E-state index in [4.69, 9.17) is 15.1 Å². The molecular formula is C3H12BNO3.